The van der Waals surface area contributed by atoms with Gasteiger partial charge in [0.15, 0.2) is 0 Å². The molecule has 3 fully saturated rings. The van der Waals surface area contributed by atoms with Crippen LogP contribution in [0.2, 0.25) is 0 Å². The molecule has 3 N–H and O–H groups in total. The number of carbonyl (C=O) groups excluding carboxylic acids is 3. The molecule has 8 heteroatoms. The Labute approximate surface area is 172 Å². The van der Waals surface area contributed by atoms with Crippen LogP contribution in [0, 0.1) is 11.8 Å². The van der Waals surface area contributed by atoms with Crippen molar-refractivity contribution in [1.29, 1.82) is 0 Å². The Morgan fingerprint density at radius 1 is 1.28 bits per heavy atom. The predicted molar refractivity (Wildman–Crippen MR) is 107 cm³/mol. The molecule has 2 unspecified atom stereocenters. The molecule has 29 heavy (non-hydrogen) atoms. The Morgan fingerprint density at radius 3 is 2.59 bits per heavy atom. The van der Waals surface area contributed by atoms with Crippen LogP contribution in [-0.2, 0) is 19.1 Å². The number of hydrogen-bond acceptors (Lipinski definition) is 5. The molecule has 0 aliphatic carbocycles. The fourth-order valence-corrected chi connectivity index (χ4v) is 5.62. The molecule has 5 atom stereocenters. The Bertz CT molecular complexity index is 669. The second kappa shape index (κ2) is 8.22. The van der Waals surface area contributed by atoms with Crippen molar-refractivity contribution in [2.24, 2.45) is 11.8 Å². The number of ether oxygens (including phenoxy) is 1. The third kappa shape index (κ3) is 3.34. The van der Waals surface area contributed by atoms with Gasteiger partial charge in [0.2, 0.25) is 17.7 Å². The number of amides is 3. The van der Waals surface area contributed by atoms with Crippen molar-refractivity contribution < 1.29 is 24.2 Å². The summed E-state index contributed by atoms with van der Waals surface area (Å²) >= 11 is 0. The van der Waals surface area contributed by atoms with Gasteiger partial charge in [-0.3, -0.25) is 14.4 Å². The molecule has 164 valence electrons. The molecule has 0 saturated carbocycles. The van der Waals surface area contributed by atoms with Crippen LogP contribution in [0.4, 0.5) is 0 Å². The molecule has 3 aliphatic rings. The summed E-state index contributed by atoms with van der Waals surface area (Å²) in [7, 11) is 0. The lowest BCUT2D eigenvalue weighted by atomic mass is 9.65. The average molecular weight is 410 g/mol. The van der Waals surface area contributed by atoms with Crippen molar-refractivity contribution in [3.8, 4) is 0 Å². The Morgan fingerprint density at radius 2 is 2.00 bits per heavy atom. The van der Waals surface area contributed by atoms with Gasteiger partial charge in [-0.1, -0.05) is 13.8 Å². The number of rotatable bonds is 9. The van der Waals surface area contributed by atoms with Gasteiger partial charge < -0.3 is 25.4 Å². The van der Waals surface area contributed by atoms with Crippen molar-refractivity contribution in [1.82, 2.24) is 15.5 Å². The van der Waals surface area contributed by atoms with Crippen LogP contribution in [0.25, 0.3) is 0 Å². The van der Waals surface area contributed by atoms with Crippen molar-refractivity contribution >= 4 is 17.7 Å². The molecule has 3 saturated heterocycles. The molecule has 3 amide bonds. The first-order valence-corrected chi connectivity index (χ1v) is 11.0. The number of fused-ring (bicyclic) bond motifs is 1. The molecular formula is C21H35N3O5. The number of hydrogen-bond donors (Lipinski definition) is 3. The molecule has 0 aromatic rings. The number of likely N-dealkylation sites (tertiary alicyclic amines) is 1. The zero-order valence-corrected chi connectivity index (χ0v) is 18.0. The van der Waals surface area contributed by atoms with Gasteiger partial charge in [0, 0.05) is 25.7 Å². The SMILES string of the molecule is CCCNC(=O)[C@H]1[C@H]2C(=O)N(CCCO)C(C(=O)NC(C)C)C23CC[C@]1(CC)O3. The van der Waals surface area contributed by atoms with Crippen molar-refractivity contribution in [2.45, 2.75) is 83.1 Å². The molecular weight excluding hydrogens is 374 g/mol. The maximum absolute atomic E-state index is 13.5. The molecule has 0 radical (unpaired) electrons. The summed E-state index contributed by atoms with van der Waals surface area (Å²) in [6.45, 7) is 8.48. The molecule has 0 aromatic carbocycles. The van der Waals surface area contributed by atoms with Gasteiger partial charge in [0.1, 0.15) is 11.6 Å². The first-order valence-electron chi connectivity index (χ1n) is 11.0. The highest BCUT2D eigenvalue weighted by atomic mass is 16.5. The second-order valence-electron chi connectivity index (χ2n) is 8.90. The van der Waals surface area contributed by atoms with E-state index in [1.54, 1.807) is 4.90 Å². The summed E-state index contributed by atoms with van der Waals surface area (Å²) in [4.78, 5) is 41.4. The van der Waals surface area contributed by atoms with E-state index in [0.717, 1.165) is 6.42 Å². The molecule has 0 aromatic heterocycles. The average Bonchev–Trinajstić information content (AvgIpc) is 3.27. The van der Waals surface area contributed by atoms with Crippen molar-refractivity contribution in [2.75, 3.05) is 19.7 Å². The standard InChI is InChI=1S/C21H35N3O5/c1-5-10-22-17(26)14-15-19(28)24(11-7-12-25)16(18(27)23-13(3)4)21(15)9-8-20(14,6-2)29-21/h13-16,25H,5-12H2,1-4H3,(H,22,26)(H,23,27)/t14-,15+,16?,20+,21?/m1/s1. The number of nitrogens with one attached hydrogen (secondary N) is 2. The summed E-state index contributed by atoms with van der Waals surface area (Å²) < 4.78 is 6.58. The zero-order valence-electron chi connectivity index (χ0n) is 18.0. The van der Waals surface area contributed by atoms with Crippen LogP contribution in [0.5, 0.6) is 0 Å². The van der Waals surface area contributed by atoms with E-state index in [4.69, 9.17) is 4.74 Å². The van der Waals surface area contributed by atoms with Crippen LogP contribution in [-0.4, -0.2) is 70.7 Å². The molecule has 2 bridgehead atoms. The highest BCUT2D eigenvalue weighted by Gasteiger charge is 2.78. The molecule has 3 heterocycles. The topological polar surface area (TPSA) is 108 Å². The van der Waals surface area contributed by atoms with E-state index in [2.05, 4.69) is 10.6 Å². The summed E-state index contributed by atoms with van der Waals surface area (Å²) in [5, 5.41) is 15.2. The quantitative estimate of drug-likeness (QED) is 0.516. The van der Waals surface area contributed by atoms with E-state index in [9.17, 15) is 19.5 Å². The van der Waals surface area contributed by atoms with Crippen LogP contribution in [0.15, 0.2) is 0 Å². The maximum Gasteiger partial charge on any atom is 0.246 e. The first-order chi connectivity index (χ1) is 13.8. The monoisotopic (exact) mass is 409 g/mol. The number of aliphatic hydroxyl groups excluding tert-OH is 1. The minimum Gasteiger partial charge on any atom is -0.396 e. The first kappa shape index (κ1) is 22.0. The van der Waals surface area contributed by atoms with Crippen LogP contribution in [0.3, 0.4) is 0 Å². The largest absolute Gasteiger partial charge is 0.396 e. The lowest BCUT2D eigenvalue weighted by molar-refractivity contribution is -0.148. The molecule has 8 nitrogen and oxygen atoms in total. The van der Waals surface area contributed by atoms with E-state index in [0.29, 0.717) is 32.2 Å². The summed E-state index contributed by atoms with van der Waals surface area (Å²) in [6.07, 6.45) is 3.06. The minimum absolute atomic E-state index is 0.0693. The minimum atomic E-state index is -0.976. The summed E-state index contributed by atoms with van der Waals surface area (Å²) in [5.74, 6) is -1.84. The van der Waals surface area contributed by atoms with Crippen molar-refractivity contribution in [3.05, 3.63) is 0 Å². The zero-order chi connectivity index (χ0) is 21.4. The van der Waals surface area contributed by atoms with E-state index in [1.165, 1.54) is 0 Å². The number of carbonyl (C=O) groups is 3. The van der Waals surface area contributed by atoms with Crippen LogP contribution in [0.1, 0.15) is 59.8 Å². The molecule has 1 spiro atoms. The fourth-order valence-electron chi connectivity index (χ4n) is 5.62. The van der Waals surface area contributed by atoms with Gasteiger partial charge in [0.25, 0.3) is 0 Å². The third-order valence-electron chi connectivity index (χ3n) is 6.75. The molecule has 3 aliphatic heterocycles. The normalized spacial score (nSPS) is 35.3. The van der Waals surface area contributed by atoms with Gasteiger partial charge in [-0.2, -0.15) is 0 Å². The maximum atomic E-state index is 13.5. The predicted octanol–water partition coefficient (Wildman–Crippen LogP) is 0.574. The fraction of sp³-hybridized carbons (Fsp3) is 0.857. The smallest absolute Gasteiger partial charge is 0.246 e. The number of aliphatic hydroxyl groups is 1. The van der Waals surface area contributed by atoms with Crippen LogP contribution < -0.4 is 10.6 Å². The van der Waals surface area contributed by atoms with Crippen molar-refractivity contribution in [3.63, 3.8) is 0 Å². The summed E-state index contributed by atoms with van der Waals surface area (Å²) in [6, 6.07) is -0.846. The Balaban J connectivity index is 2.02. The molecule has 3 rings (SSSR count). The highest BCUT2D eigenvalue weighted by Crippen LogP contribution is 2.64. The van der Waals surface area contributed by atoms with E-state index in [-0.39, 0.29) is 36.9 Å². The van der Waals surface area contributed by atoms with E-state index >= 15 is 0 Å². The van der Waals surface area contributed by atoms with Gasteiger partial charge in [0.05, 0.1) is 17.4 Å². The lowest BCUT2D eigenvalue weighted by Gasteiger charge is -2.34. The van der Waals surface area contributed by atoms with Gasteiger partial charge >= 0.3 is 0 Å². The third-order valence-corrected chi connectivity index (χ3v) is 6.75. The Hall–Kier alpha value is -1.67. The lowest BCUT2D eigenvalue weighted by Crippen LogP contribution is -2.56. The number of nitrogens with zero attached hydrogens (tertiary/aromatic N) is 1. The second-order valence-corrected chi connectivity index (χ2v) is 8.90. The van der Waals surface area contributed by atoms with E-state index in [1.807, 2.05) is 27.7 Å². The van der Waals surface area contributed by atoms with E-state index < -0.39 is 29.1 Å². The van der Waals surface area contributed by atoms with Gasteiger partial charge in [-0.25, -0.2) is 0 Å². The highest BCUT2D eigenvalue weighted by molar-refractivity contribution is 5.99. The van der Waals surface area contributed by atoms with Crippen LogP contribution >= 0.6 is 0 Å². The van der Waals surface area contributed by atoms with Gasteiger partial charge in [-0.15, -0.1) is 0 Å². The van der Waals surface area contributed by atoms with Gasteiger partial charge in [-0.05, 0) is 46.0 Å². The Kier molecular flexibility index (Phi) is 6.24. The summed E-state index contributed by atoms with van der Waals surface area (Å²) in [5.41, 5.74) is -1.67.